The molecule has 0 atom stereocenters. The molecule has 6 aliphatic carbocycles. The summed E-state index contributed by atoms with van der Waals surface area (Å²) < 4.78 is 115. The van der Waals surface area contributed by atoms with Crippen molar-refractivity contribution in [3.8, 4) is 63.4 Å². The molecule has 12 heterocycles. The maximum Gasteiger partial charge on any atom is 0.405 e. The smallest absolute Gasteiger partial charge is 0.365 e. The summed E-state index contributed by atoms with van der Waals surface area (Å²) in [5.74, 6) is 2.70. The second kappa shape index (κ2) is 36.3. The van der Waals surface area contributed by atoms with Crippen molar-refractivity contribution in [3.05, 3.63) is 195 Å². The van der Waals surface area contributed by atoms with E-state index in [0.29, 0.717) is 49.9 Å². The van der Waals surface area contributed by atoms with Crippen LogP contribution in [0, 0.1) is 17.5 Å². The maximum absolute atomic E-state index is 13.3. The average molecular weight is 1650 g/mol. The van der Waals surface area contributed by atoms with Crippen LogP contribution in [0.2, 0.25) is 0 Å². The predicted octanol–water partition coefficient (Wildman–Crippen LogP) is 23.6. The molecular weight excluding hydrogens is 1560 g/mol. The molecule has 0 amide bonds. The van der Waals surface area contributed by atoms with E-state index in [0.717, 1.165) is 133 Å². The fourth-order valence-electron chi connectivity index (χ4n) is 12.3. The van der Waals surface area contributed by atoms with Gasteiger partial charge in [0.15, 0.2) is 0 Å². The van der Waals surface area contributed by atoms with Gasteiger partial charge in [0.25, 0.3) is 0 Å². The molecule has 0 spiro atoms. The van der Waals surface area contributed by atoms with Crippen LogP contribution in [0.3, 0.4) is 0 Å². The Morgan fingerprint density at radius 3 is 0.929 bits per heavy atom. The molecular formula is C82H86F9N15S6. The summed E-state index contributed by atoms with van der Waals surface area (Å²) in [5, 5.41) is 7.58. The fraction of sp³-hybridized carbons (Fsp3) is 0.415. The lowest BCUT2D eigenvalue weighted by atomic mass is 10.1. The van der Waals surface area contributed by atoms with E-state index in [2.05, 4.69) is 104 Å². The second-order valence-electron chi connectivity index (χ2n) is 28.9. The molecule has 0 N–H and O–H groups in total. The van der Waals surface area contributed by atoms with Crippen LogP contribution >= 0.6 is 68.0 Å². The molecule has 0 aliphatic heterocycles. The highest BCUT2D eigenvalue weighted by atomic mass is 32.1. The summed E-state index contributed by atoms with van der Waals surface area (Å²) in [6, 6.07) is 16.1. The molecule has 6 fully saturated rings. The lowest BCUT2D eigenvalue weighted by Crippen LogP contribution is -2.30. The van der Waals surface area contributed by atoms with E-state index >= 15 is 0 Å². The first-order valence-corrected chi connectivity index (χ1v) is 42.6. The number of anilines is 3. The lowest BCUT2D eigenvalue weighted by molar-refractivity contribution is -0.120. The Morgan fingerprint density at radius 2 is 0.634 bits per heavy atom. The number of thiazole rings is 6. The van der Waals surface area contributed by atoms with E-state index in [1.165, 1.54) is 166 Å². The van der Waals surface area contributed by atoms with E-state index in [-0.39, 0.29) is 17.6 Å². The molecule has 0 bridgehead atoms. The van der Waals surface area contributed by atoms with Gasteiger partial charge < -0.3 is 14.7 Å². The number of rotatable bonds is 21. The van der Waals surface area contributed by atoms with Gasteiger partial charge in [0.05, 0.1) is 52.8 Å². The van der Waals surface area contributed by atoms with Gasteiger partial charge in [-0.25, -0.2) is 43.1 Å². The molecule has 18 rings (SSSR count). The molecule has 15 nitrogen and oxygen atoms in total. The minimum atomic E-state index is -4.28. The minimum Gasteiger partial charge on any atom is -0.365 e. The number of aromatic nitrogens is 12. The zero-order valence-electron chi connectivity index (χ0n) is 63.2. The topological polar surface area (TPSA) is 164 Å². The number of hydrogen-bond acceptors (Lipinski definition) is 21. The number of halogens is 9. The first-order chi connectivity index (χ1) is 53.9. The van der Waals surface area contributed by atoms with Crippen LogP contribution in [0.5, 0.6) is 0 Å². The van der Waals surface area contributed by atoms with Crippen molar-refractivity contribution in [1.29, 1.82) is 0 Å². The zero-order chi connectivity index (χ0) is 79.0. The van der Waals surface area contributed by atoms with E-state index < -0.39 is 31.3 Å². The van der Waals surface area contributed by atoms with Gasteiger partial charge in [-0.2, -0.15) is 26.3 Å². The van der Waals surface area contributed by atoms with Gasteiger partial charge in [-0.15, -0.1) is 34.0 Å². The van der Waals surface area contributed by atoms with Crippen molar-refractivity contribution >= 4 is 83.0 Å². The van der Waals surface area contributed by atoms with Crippen LogP contribution in [0.15, 0.2) is 129 Å². The van der Waals surface area contributed by atoms with Crippen molar-refractivity contribution in [2.75, 3.05) is 55.5 Å². The Bertz CT molecular complexity index is 5040. The Labute approximate surface area is 670 Å². The highest BCUT2D eigenvalue weighted by Gasteiger charge is 2.39. The molecule has 6 aliphatic rings. The van der Waals surface area contributed by atoms with Gasteiger partial charge in [0, 0.05) is 167 Å². The quantitative estimate of drug-likeness (QED) is 0.0624. The molecule has 0 unspecified atom stereocenters. The third kappa shape index (κ3) is 22.1. The third-order valence-electron chi connectivity index (χ3n) is 18.9. The monoisotopic (exact) mass is 1640 g/mol. The van der Waals surface area contributed by atoms with Crippen molar-refractivity contribution in [2.24, 2.45) is 0 Å². The predicted molar refractivity (Wildman–Crippen MR) is 434 cm³/mol. The van der Waals surface area contributed by atoms with Gasteiger partial charge in [-0.05, 0) is 157 Å². The van der Waals surface area contributed by atoms with Crippen LogP contribution in [0.4, 0.5) is 54.5 Å². The van der Waals surface area contributed by atoms with Crippen LogP contribution in [-0.2, 0) is 12.8 Å². The largest absolute Gasteiger partial charge is 0.405 e. The molecule has 12 aromatic rings. The SMILES string of the molecule is CC(C)c1sc(-c2cccnc2)nc1C1CC1.CCN(C)c1sc(-c2cncc(F)c2)nc1C1CC1.CCc1sc(-c2cccnc2)nc1C1CC1.CCc1sc(-c2cncc(F)c2)nc1C1CC1.CN(CC(F)(F)F)c1sc(-c2cccnc2)nc1C1CC1.CN(CC(F)(F)F)c1sc(-c2cncc(F)c2)nc1C1CC1. The number of nitrogens with zero attached hydrogens (tertiary/aromatic N) is 15. The number of aryl methyl sites for hydroxylation is 2. The number of alkyl halides is 6. The number of pyridine rings is 6. The molecule has 0 saturated heterocycles. The Kier molecular flexibility index (Phi) is 26.4. The maximum atomic E-state index is 13.3. The normalized spacial score (nSPS) is 15.2. The lowest BCUT2D eigenvalue weighted by Gasteiger charge is -2.19. The van der Waals surface area contributed by atoms with Crippen LogP contribution in [-0.4, -0.2) is 113 Å². The summed E-state index contributed by atoms with van der Waals surface area (Å²) in [7, 11) is 4.95. The molecule has 0 radical (unpaired) electrons. The first kappa shape index (κ1) is 81.5. The average Bonchev–Trinajstić information content (AvgIpc) is 1.60. The van der Waals surface area contributed by atoms with Crippen molar-refractivity contribution in [1.82, 2.24) is 59.8 Å². The van der Waals surface area contributed by atoms with E-state index in [1.54, 1.807) is 59.7 Å². The van der Waals surface area contributed by atoms with Crippen LogP contribution in [0.25, 0.3) is 63.4 Å². The Hall–Kier alpha value is -8.55. The highest BCUT2D eigenvalue weighted by molar-refractivity contribution is 7.20. The van der Waals surface area contributed by atoms with Gasteiger partial charge in [0.2, 0.25) is 0 Å². The van der Waals surface area contributed by atoms with E-state index in [4.69, 9.17) is 15.0 Å². The van der Waals surface area contributed by atoms with Gasteiger partial charge in [-0.1, -0.05) is 61.7 Å². The summed E-state index contributed by atoms with van der Waals surface area (Å²) in [6.07, 6.45) is 26.8. The molecule has 6 saturated carbocycles. The van der Waals surface area contributed by atoms with Gasteiger partial charge in [0.1, 0.15) is 75.6 Å². The summed E-state index contributed by atoms with van der Waals surface area (Å²) in [4.78, 5) is 60.8. The first-order valence-electron chi connectivity index (χ1n) is 37.7. The summed E-state index contributed by atoms with van der Waals surface area (Å²) >= 11 is 9.42. The van der Waals surface area contributed by atoms with Crippen LogP contribution in [0.1, 0.15) is 202 Å². The summed E-state index contributed by atoms with van der Waals surface area (Å²) in [5.41, 5.74) is 11.8. The van der Waals surface area contributed by atoms with E-state index in [9.17, 15) is 39.5 Å². The van der Waals surface area contributed by atoms with Crippen molar-refractivity contribution in [2.45, 2.75) is 178 Å². The van der Waals surface area contributed by atoms with Crippen LogP contribution < -0.4 is 14.7 Å². The molecule has 12 aromatic heterocycles. The van der Waals surface area contributed by atoms with Crippen molar-refractivity contribution in [3.63, 3.8) is 0 Å². The fourth-order valence-corrected chi connectivity index (χ4v) is 18.9. The minimum absolute atomic E-state index is 0.206. The highest BCUT2D eigenvalue weighted by Crippen LogP contribution is 2.52. The Balaban J connectivity index is 0.000000118. The summed E-state index contributed by atoms with van der Waals surface area (Å²) in [6.45, 7) is 9.96. The second-order valence-corrected chi connectivity index (χ2v) is 35.0. The van der Waals surface area contributed by atoms with Gasteiger partial charge >= 0.3 is 12.4 Å². The third-order valence-corrected chi connectivity index (χ3v) is 26.6. The molecule has 0 aromatic carbocycles. The molecule has 112 heavy (non-hydrogen) atoms. The standard InChI is InChI=1S/C14H13F4N3S.C14H14F3N3S.C14H16FN3S.C14H16N2S.C13H13FN2S.C13H14N2S/c1-21(7-14(16,17)18)13-11(8-2-3-8)20-12(22-13)9-4-10(15)6-19-5-9;1-20(8-14(15,16)17)13-11(9-4-5-9)19-12(21-13)10-3-2-6-18-7-10;1-3-18(2)14-12(9-4-5-9)17-13(19-14)10-6-11(15)8-16-7-10;1-9(2)13-12(10-5-6-10)16-14(17-13)11-4-3-7-15-8-11;1-2-11-12(8-3-4-8)16-13(17-11)9-5-10(14)7-15-6-9;1-2-11-12(9-5-6-9)15-13(16-11)10-4-3-7-14-8-10/h4-6,8H,2-3,7H2,1H3;2-3,6-7,9H,4-5,8H2,1H3;6-9H,3-5H2,1-2H3;3-4,7-10H,5-6H2,1-2H3;5-8H,2-4H2,1H3;3-4,7-9H,2,5-6H2,1H3. The molecule has 30 heteroatoms. The van der Waals surface area contributed by atoms with Crippen molar-refractivity contribution < 1.29 is 39.5 Å². The molecule has 588 valence electrons. The zero-order valence-corrected chi connectivity index (χ0v) is 68.1. The Morgan fingerprint density at radius 1 is 0.357 bits per heavy atom. The van der Waals surface area contributed by atoms with E-state index in [1.807, 2.05) is 59.5 Å². The van der Waals surface area contributed by atoms with Gasteiger partial charge in [-0.3, -0.25) is 29.9 Å². The number of hydrogen-bond donors (Lipinski definition) is 0.